The van der Waals surface area contributed by atoms with Gasteiger partial charge in [-0.25, -0.2) is 0 Å². The first kappa shape index (κ1) is 19.4. The first-order chi connectivity index (χ1) is 14.5. The second-order valence-electron chi connectivity index (χ2n) is 8.81. The second-order valence-corrected chi connectivity index (χ2v) is 8.81. The minimum atomic E-state index is -0.920. The standard InChI is InChI=1S/C22H26N4O4/c27-19-6-5-18(20(28)24-19)26-21(29)15-4-3-13(10-16(15)22(26)30)11-25-9-7-17-14(12-25)2-1-8-23-17/h3-4,10,14,17-18,23H,1-2,5-9,11-12H2,(H,24,27,28)/t14-,17+,18?/m1/s1. The van der Waals surface area contributed by atoms with E-state index in [-0.39, 0.29) is 18.7 Å². The molecular formula is C22H26N4O4. The average molecular weight is 410 g/mol. The molecule has 3 atom stereocenters. The van der Waals surface area contributed by atoms with Crippen molar-refractivity contribution in [2.75, 3.05) is 19.6 Å². The van der Waals surface area contributed by atoms with Gasteiger partial charge in [-0.1, -0.05) is 6.07 Å². The Labute approximate surface area is 175 Å². The average Bonchev–Trinajstić information content (AvgIpc) is 2.98. The van der Waals surface area contributed by atoms with Crippen molar-refractivity contribution in [3.05, 3.63) is 34.9 Å². The highest BCUT2D eigenvalue weighted by Crippen LogP contribution is 2.30. The van der Waals surface area contributed by atoms with Crippen LogP contribution in [0, 0.1) is 5.92 Å². The Balaban J connectivity index is 1.31. The third-order valence-electron chi connectivity index (χ3n) is 6.89. The molecule has 1 aromatic rings. The van der Waals surface area contributed by atoms with Crippen LogP contribution in [0.1, 0.15) is 58.4 Å². The van der Waals surface area contributed by atoms with Gasteiger partial charge in [0, 0.05) is 25.6 Å². The van der Waals surface area contributed by atoms with E-state index in [2.05, 4.69) is 15.5 Å². The molecule has 8 heteroatoms. The van der Waals surface area contributed by atoms with E-state index in [9.17, 15) is 19.2 Å². The number of fused-ring (bicyclic) bond motifs is 2. The van der Waals surface area contributed by atoms with Gasteiger partial charge in [0.05, 0.1) is 11.1 Å². The molecule has 4 aliphatic heterocycles. The van der Waals surface area contributed by atoms with Gasteiger partial charge < -0.3 is 5.32 Å². The maximum Gasteiger partial charge on any atom is 0.262 e. The molecule has 1 aromatic carbocycles. The highest BCUT2D eigenvalue weighted by atomic mass is 16.2. The topological polar surface area (TPSA) is 98.8 Å². The largest absolute Gasteiger partial charge is 0.314 e. The van der Waals surface area contributed by atoms with Crippen LogP contribution in [0.2, 0.25) is 0 Å². The number of carbonyl (C=O) groups is 4. The van der Waals surface area contributed by atoms with Gasteiger partial charge in [0.2, 0.25) is 11.8 Å². The summed E-state index contributed by atoms with van der Waals surface area (Å²) in [5.41, 5.74) is 1.70. The van der Waals surface area contributed by atoms with E-state index >= 15 is 0 Å². The molecule has 3 fully saturated rings. The number of nitrogens with one attached hydrogen (secondary N) is 2. The maximum atomic E-state index is 13.0. The molecule has 0 aliphatic carbocycles. The molecule has 3 saturated heterocycles. The molecule has 8 nitrogen and oxygen atoms in total. The fraction of sp³-hybridized carbons (Fsp3) is 0.545. The summed E-state index contributed by atoms with van der Waals surface area (Å²) >= 11 is 0. The van der Waals surface area contributed by atoms with Gasteiger partial charge in [-0.2, -0.15) is 0 Å². The van der Waals surface area contributed by atoms with E-state index in [1.807, 2.05) is 6.07 Å². The minimum absolute atomic E-state index is 0.126. The van der Waals surface area contributed by atoms with Crippen molar-refractivity contribution >= 4 is 23.6 Å². The number of hydrogen-bond donors (Lipinski definition) is 2. The number of hydrogen-bond acceptors (Lipinski definition) is 6. The fourth-order valence-electron chi connectivity index (χ4n) is 5.34. The molecule has 1 unspecified atom stereocenters. The number of benzene rings is 1. The van der Waals surface area contributed by atoms with Crippen molar-refractivity contribution in [1.29, 1.82) is 0 Å². The van der Waals surface area contributed by atoms with Crippen molar-refractivity contribution in [3.63, 3.8) is 0 Å². The van der Waals surface area contributed by atoms with Crippen LogP contribution < -0.4 is 10.6 Å². The molecule has 0 aromatic heterocycles. The Morgan fingerprint density at radius 3 is 2.67 bits per heavy atom. The molecule has 158 valence electrons. The zero-order valence-electron chi connectivity index (χ0n) is 16.9. The van der Waals surface area contributed by atoms with E-state index in [1.54, 1.807) is 12.1 Å². The van der Waals surface area contributed by atoms with Crippen LogP contribution in [0.4, 0.5) is 0 Å². The lowest BCUT2D eigenvalue weighted by Crippen LogP contribution is -2.54. The highest BCUT2D eigenvalue weighted by Gasteiger charge is 2.44. The van der Waals surface area contributed by atoms with E-state index in [4.69, 9.17) is 0 Å². The third kappa shape index (κ3) is 3.33. The number of amides is 4. The Kier molecular flexibility index (Phi) is 4.91. The SMILES string of the molecule is O=C1CCC(N2C(=O)c3ccc(CN4CC[C@@H]5NCCC[C@@H]5C4)cc3C2=O)C(=O)N1. The minimum Gasteiger partial charge on any atom is -0.314 e. The summed E-state index contributed by atoms with van der Waals surface area (Å²) < 4.78 is 0. The molecule has 4 heterocycles. The second kappa shape index (κ2) is 7.59. The number of piperidine rings is 3. The summed E-state index contributed by atoms with van der Waals surface area (Å²) in [6, 6.07) is 5.11. The van der Waals surface area contributed by atoms with Gasteiger partial charge in [0.15, 0.2) is 0 Å². The number of imide groups is 2. The fourth-order valence-corrected chi connectivity index (χ4v) is 5.34. The Hall–Kier alpha value is -2.58. The van der Waals surface area contributed by atoms with Crippen LogP contribution >= 0.6 is 0 Å². The Bertz CT molecular complexity index is 930. The molecule has 0 spiro atoms. The van der Waals surface area contributed by atoms with E-state index in [0.717, 1.165) is 43.1 Å². The lowest BCUT2D eigenvalue weighted by atomic mass is 9.85. The van der Waals surface area contributed by atoms with Gasteiger partial charge in [0.25, 0.3) is 11.8 Å². The van der Waals surface area contributed by atoms with Crippen LogP contribution in [-0.4, -0.2) is 65.1 Å². The molecule has 0 bridgehead atoms. The third-order valence-corrected chi connectivity index (χ3v) is 6.89. The summed E-state index contributed by atoms with van der Waals surface area (Å²) in [5, 5.41) is 5.85. The van der Waals surface area contributed by atoms with E-state index in [0.29, 0.717) is 23.1 Å². The highest BCUT2D eigenvalue weighted by molar-refractivity contribution is 6.23. The first-order valence-corrected chi connectivity index (χ1v) is 10.8. The Morgan fingerprint density at radius 1 is 1.00 bits per heavy atom. The quantitative estimate of drug-likeness (QED) is 0.711. The number of carbonyl (C=O) groups excluding carboxylic acids is 4. The number of nitrogens with zero attached hydrogens (tertiary/aromatic N) is 2. The van der Waals surface area contributed by atoms with Crippen molar-refractivity contribution in [1.82, 2.24) is 20.4 Å². The molecule has 5 rings (SSSR count). The number of likely N-dealkylation sites (tertiary alicyclic amines) is 1. The van der Waals surface area contributed by atoms with Crippen LogP contribution in [0.5, 0.6) is 0 Å². The lowest BCUT2D eigenvalue weighted by molar-refractivity contribution is -0.136. The molecule has 0 saturated carbocycles. The number of rotatable bonds is 3. The van der Waals surface area contributed by atoms with Crippen molar-refractivity contribution in [2.45, 2.75) is 50.7 Å². The molecule has 2 N–H and O–H groups in total. The van der Waals surface area contributed by atoms with Gasteiger partial charge in [0.1, 0.15) is 6.04 Å². The zero-order chi connectivity index (χ0) is 20.8. The molecule has 0 radical (unpaired) electrons. The summed E-state index contributed by atoms with van der Waals surface area (Å²) in [4.78, 5) is 52.8. The van der Waals surface area contributed by atoms with Crippen molar-refractivity contribution in [3.8, 4) is 0 Å². The molecular weight excluding hydrogens is 384 g/mol. The van der Waals surface area contributed by atoms with Gasteiger partial charge in [-0.05, 0) is 62.4 Å². The Morgan fingerprint density at radius 2 is 1.83 bits per heavy atom. The van der Waals surface area contributed by atoms with Crippen LogP contribution in [0.3, 0.4) is 0 Å². The van der Waals surface area contributed by atoms with Crippen LogP contribution in [0.15, 0.2) is 18.2 Å². The zero-order valence-corrected chi connectivity index (χ0v) is 16.9. The maximum absolute atomic E-state index is 13.0. The summed E-state index contributed by atoms with van der Waals surface area (Å²) in [6.07, 6.45) is 3.91. The van der Waals surface area contributed by atoms with Crippen LogP contribution in [-0.2, 0) is 16.1 Å². The van der Waals surface area contributed by atoms with E-state index in [1.165, 1.54) is 12.8 Å². The van der Waals surface area contributed by atoms with Crippen molar-refractivity contribution in [2.24, 2.45) is 5.92 Å². The van der Waals surface area contributed by atoms with Crippen LogP contribution in [0.25, 0.3) is 0 Å². The monoisotopic (exact) mass is 410 g/mol. The van der Waals surface area contributed by atoms with E-state index < -0.39 is 23.8 Å². The summed E-state index contributed by atoms with van der Waals surface area (Å²) in [6.45, 7) is 3.92. The lowest BCUT2D eigenvalue weighted by Gasteiger charge is -2.41. The van der Waals surface area contributed by atoms with Gasteiger partial charge >= 0.3 is 0 Å². The smallest absolute Gasteiger partial charge is 0.262 e. The first-order valence-electron chi connectivity index (χ1n) is 10.8. The normalized spacial score (nSPS) is 29.6. The predicted octanol–water partition coefficient (Wildman–Crippen LogP) is 0.662. The summed E-state index contributed by atoms with van der Waals surface area (Å²) in [5.74, 6) is -1.17. The molecule has 30 heavy (non-hydrogen) atoms. The van der Waals surface area contributed by atoms with Gasteiger partial charge in [-0.3, -0.25) is 34.3 Å². The molecule has 4 amide bonds. The van der Waals surface area contributed by atoms with Gasteiger partial charge in [-0.15, -0.1) is 0 Å². The van der Waals surface area contributed by atoms with Crippen molar-refractivity contribution < 1.29 is 19.2 Å². The molecule has 4 aliphatic rings. The summed E-state index contributed by atoms with van der Waals surface area (Å²) in [7, 11) is 0. The predicted molar refractivity (Wildman–Crippen MR) is 108 cm³/mol.